The van der Waals surface area contributed by atoms with Crippen molar-refractivity contribution in [1.82, 2.24) is 9.55 Å². The fourth-order valence-electron chi connectivity index (χ4n) is 9.42. The maximum absolute atomic E-state index is 5.20. The summed E-state index contributed by atoms with van der Waals surface area (Å²) in [5.41, 5.74) is 15.4. The Morgan fingerprint density at radius 2 is 1.44 bits per heavy atom. The summed E-state index contributed by atoms with van der Waals surface area (Å²) in [6.45, 7) is 0. The summed E-state index contributed by atoms with van der Waals surface area (Å²) in [5.74, 6) is 1.67. The van der Waals surface area contributed by atoms with Crippen molar-refractivity contribution in [2.75, 3.05) is 0 Å². The highest BCUT2D eigenvalue weighted by Crippen LogP contribution is 2.46. The number of hydrogen-bond acceptors (Lipinski definition) is 1. The van der Waals surface area contributed by atoms with Gasteiger partial charge in [0.2, 0.25) is 0 Å². The molecule has 2 unspecified atom stereocenters. The first-order chi connectivity index (χ1) is 27.3. The van der Waals surface area contributed by atoms with Gasteiger partial charge in [-0.05, 0) is 128 Å². The number of imidazole rings is 1. The zero-order valence-corrected chi connectivity index (χ0v) is 30.7. The van der Waals surface area contributed by atoms with Gasteiger partial charge in [0.25, 0.3) is 0 Å². The Labute approximate surface area is 322 Å². The largest absolute Gasteiger partial charge is 0.296 e. The number of fused-ring (bicyclic) bond motifs is 5. The molecule has 0 radical (unpaired) electrons. The van der Waals surface area contributed by atoms with Crippen LogP contribution in [0.15, 0.2) is 182 Å². The second-order valence-corrected chi connectivity index (χ2v) is 15.3. The van der Waals surface area contributed by atoms with Crippen LogP contribution in [0.25, 0.3) is 66.6 Å². The topological polar surface area (TPSA) is 17.8 Å². The maximum atomic E-state index is 5.20. The second-order valence-electron chi connectivity index (χ2n) is 15.3. The van der Waals surface area contributed by atoms with Gasteiger partial charge in [-0.25, -0.2) is 4.98 Å². The molecule has 1 aromatic heterocycles. The lowest BCUT2D eigenvalue weighted by Crippen LogP contribution is -2.08. The maximum Gasteiger partial charge on any atom is 0.121 e. The Morgan fingerprint density at radius 3 is 2.33 bits per heavy atom. The number of nitrogens with zero attached hydrogens (tertiary/aromatic N) is 2. The molecule has 2 heteroatoms. The van der Waals surface area contributed by atoms with Gasteiger partial charge in [-0.3, -0.25) is 4.57 Å². The summed E-state index contributed by atoms with van der Waals surface area (Å²) >= 11 is 0. The molecule has 2 atom stereocenters. The normalized spacial score (nSPS) is 18.7. The first-order valence-electron chi connectivity index (χ1n) is 19.7. The van der Waals surface area contributed by atoms with Crippen molar-refractivity contribution in [2.45, 2.75) is 31.6 Å². The van der Waals surface area contributed by atoms with Crippen molar-refractivity contribution < 1.29 is 0 Å². The third kappa shape index (κ3) is 5.43. The van der Waals surface area contributed by atoms with E-state index in [4.69, 9.17) is 4.98 Å². The summed E-state index contributed by atoms with van der Waals surface area (Å²) in [6, 6.07) is 42.6. The van der Waals surface area contributed by atoms with Crippen molar-refractivity contribution in [1.29, 1.82) is 0 Å². The first kappa shape index (κ1) is 32.0. The second kappa shape index (κ2) is 13.1. The van der Waals surface area contributed by atoms with Crippen molar-refractivity contribution in [3.8, 4) is 16.8 Å². The molecule has 0 aliphatic heterocycles. The average molecular weight is 705 g/mol. The van der Waals surface area contributed by atoms with E-state index in [0.717, 1.165) is 48.2 Å². The Kier molecular flexibility index (Phi) is 7.62. The van der Waals surface area contributed by atoms with Crippen LogP contribution in [-0.4, -0.2) is 9.55 Å². The molecular formula is C53H40N2. The van der Waals surface area contributed by atoms with Gasteiger partial charge in [0.05, 0.1) is 11.0 Å². The lowest BCUT2D eigenvalue weighted by molar-refractivity contribution is 0.760. The molecule has 4 aliphatic carbocycles. The minimum Gasteiger partial charge on any atom is -0.296 e. The molecule has 262 valence electrons. The Morgan fingerprint density at radius 1 is 0.618 bits per heavy atom. The lowest BCUT2D eigenvalue weighted by Gasteiger charge is -2.26. The first-order valence-corrected chi connectivity index (χ1v) is 19.7. The fraction of sp³-hybridized carbons (Fsp3) is 0.113. The molecule has 0 fully saturated rings. The van der Waals surface area contributed by atoms with Crippen molar-refractivity contribution >= 4 is 49.8 Å². The molecule has 4 aliphatic rings. The van der Waals surface area contributed by atoms with E-state index in [2.05, 4.69) is 187 Å². The van der Waals surface area contributed by atoms with Crippen LogP contribution in [0.4, 0.5) is 0 Å². The van der Waals surface area contributed by atoms with Gasteiger partial charge in [0.1, 0.15) is 5.82 Å². The van der Waals surface area contributed by atoms with Crippen LogP contribution in [0.2, 0.25) is 0 Å². The summed E-state index contributed by atoms with van der Waals surface area (Å²) in [4.78, 5) is 5.20. The van der Waals surface area contributed by atoms with Crippen LogP contribution in [0, 0.1) is 5.92 Å². The minimum atomic E-state index is 0.173. The third-order valence-electron chi connectivity index (χ3n) is 12.1. The SMILES string of the molecule is C1=CC2=CC=C(c3c4ccccc4c(-c4ccc5c(c4)CCC=C5)c4cc(C5=CCC(c6nc7ccccc7n6-c6ccccc6)C=C5)ccc34)CC2C=C1. The minimum absolute atomic E-state index is 0.173. The van der Waals surface area contributed by atoms with Crippen molar-refractivity contribution in [3.05, 3.63) is 210 Å². The number of rotatable bonds is 5. The molecule has 7 aromatic rings. The monoisotopic (exact) mass is 704 g/mol. The molecule has 1 heterocycles. The molecule has 11 rings (SSSR count). The van der Waals surface area contributed by atoms with Gasteiger partial charge < -0.3 is 0 Å². The molecule has 0 N–H and O–H groups in total. The quantitative estimate of drug-likeness (QED) is 0.163. The van der Waals surface area contributed by atoms with Crippen LogP contribution in [0.5, 0.6) is 0 Å². The molecule has 55 heavy (non-hydrogen) atoms. The molecule has 0 saturated carbocycles. The summed E-state index contributed by atoms with van der Waals surface area (Å²) in [7, 11) is 0. The molecule has 6 aromatic carbocycles. The Bertz CT molecular complexity index is 2920. The number of para-hydroxylation sites is 3. The lowest BCUT2D eigenvalue weighted by atomic mass is 9.78. The van der Waals surface area contributed by atoms with E-state index in [0.29, 0.717) is 5.92 Å². The highest BCUT2D eigenvalue weighted by molar-refractivity contribution is 6.19. The highest BCUT2D eigenvalue weighted by atomic mass is 15.1. The van der Waals surface area contributed by atoms with E-state index in [1.165, 1.54) is 71.6 Å². The van der Waals surface area contributed by atoms with E-state index in [1.807, 2.05) is 0 Å². The number of benzene rings is 6. The van der Waals surface area contributed by atoms with Crippen LogP contribution >= 0.6 is 0 Å². The van der Waals surface area contributed by atoms with E-state index in [1.54, 1.807) is 0 Å². The smallest absolute Gasteiger partial charge is 0.121 e. The number of aromatic nitrogens is 2. The zero-order valence-electron chi connectivity index (χ0n) is 30.7. The highest BCUT2D eigenvalue weighted by Gasteiger charge is 2.25. The van der Waals surface area contributed by atoms with Gasteiger partial charge in [-0.15, -0.1) is 0 Å². The molecule has 0 amide bonds. The van der Waals surface area contributed by atoms with Crippen molar-refractivity contribution in [3.63, 3.8) is 0 Å². The fourth-order valence-corrected chi connectivity index (χ4v) is 9.42. The van der Waals surface area contributed by atoms with E-state index >= 15 is 0 Å². The zero-order chi connectivity index (χ0) is 36.3. The molecular weight excluding hydrogens is 665 g/mol. The predicted octanol–water partition coefficient (Wildman–Crippen LogP) is 13.5. The van der Waals surface area contributed by atoms with Gasteiger partial charge >= 0.3 is 0 Å². The summed E-state index contributed by atoms with van der Waals surface area (Å²) in [5, 5.41) is 5.28. The van der Waals surface area contributed by atoms with Gasteiger partial charge in [-0.2, -0.15) is 0 Å². The number of allylic oxidation sites excluding steroid dienone is 13. The third-order valence-corrected chi connectivity index (χ3v) is 12.1. The number of aryl methyl sites for hydroxylation is 1. The average Bonchev–Trinajstić information content (AvgIpc) is 3.65. The van der Waals surface area contributed by atoms with Gasteiger partial charge in [0, 0.05) is 17.5 Å². The summed E-state index contributed by atoms with van der Waals surface area (Å²) in [6.07, 6.45) is 29.5. The van der Waals surface area contributed by atoms with Crippen LogP contribution in [0.3, 0.4) is 0 Å². The van der Waals surface area contributed by atoms with Gasteiger partial charge in [0.15, 0.2) is 0 Å². The Hall–Kier alpha value is -6.51. The van der Waals surface area contributed by atoms with Crippen LogP contribution < -0.4 is 0 Å². The summed E-state index contributed by atoms with van der Waals surface area (Å²) < 4.78 is 2.34. The van der Waals surface area contributed by atoms with Crippen LogP contribution in [0.1, 0.15) is 53.3 Å². The molecule has 0 bridgehead atoms. The van der Waals surface area contributed by atoms with E-state index in [9.17, 15) is 0 Å². The molecule has 0 spiro atoms. The predicted molar refractivity (Wildman–Crippen MR) is 232 cm³/mol. The van der Waals surface area contributed by atoms with E-state index < -0.39 is 0 Å². The van der Waals surface area contributed by atoms with Crippen molar-refractivity contribution in [2.24, 2.45) is 5.92 Å². The number of hydrogen-bond donors (Lipinski definition) is 0. The Balaban J connectivity index is 1.06. The molecule has 2 nitrogen and oxygen atoms in total. The van der Waals surface area contributed by atoms with Gasteiger partial charge in [-0.1, -0.05) is 152 Å². The van der Waals surface area contributed by atoms with E-state index in [-0.39, 0.29) is 5.92 Å². The standard InChI is InChI=1S/C53H40N2/c1-2-16-44(17-3-1)55-50-21-11-10-20-49(50)54-53(55)38-26-22-37(23-27-38)41-30-31-47-48(34-41)52(43-29-25-36-13-5-7-15-40(36)33-43)46-19-9-8-18-45(46)51(47)42-28-24-35-12-4-6-14-39(35)32-42/h1-6,8-14,16-26,28-31,33-34,38-39H,7,15,27,32H2. The molecule has 0 saturated heterocycles. The van der Waals surface area contributed by atoms with Crippen LogP contribution in [-0.2, 0) is 6.42 Å².